The van der Waals surface area contributed by atoms with Crippen LogP contribution in [0, 0.1) is 6.92 Å². The zero-order valence-electron chi connectivity index (χ0n) is 25.4. The van der Waals surface area contributed by atoms with E-state index in [-0.39, 0.29) is 56.2 Å². The topological polar surface area (TPSA) is 115 Å². The minimum absolute atomic E-state index is 0.0299. The van der Waals surface area contributed by atoms with Crippen molar-refractivity contribution in [1.82, 2.24) is 14.7 Å². The second kappa shape index (κ2) is 17.7. The molecule has 2 rings (SSSR count). The molecule has 41 heavy (non-hydrogen) atoms. The lowest BCUT2D eigenvalue weighted by molar-refractivity contribution is -0.150. The Morgan fingerprint density at radius 3 is 1.63 bits per heavy atom. The van der Waals surface area contributed by atoms with Crippen molar-refractivity contribution in [2.45, 2.75) is 64.1 Å². The number of carbonyl (C=O) groups is 4. The van der Waals surface area contributed by atoms with Crippen LogP contribution >= 0.6 is 0 Å². The average molecular weight is 578 g/mol. The van der Waals surface area contributed by atoms with Gasteiger partial charge in [0.25, 0.3) is 0 Å². The van der Waals surface area contributed by atoms with Crippen molar-refractivity contribution in [3.05, 3.63) is 35.4 Å². The minimum atomic E-state index is -0.453. The highest BCUT2D eigenvalue weighted by Crippen LogP contribution is 2.29. The van der Waals surface area contributed by atoms with Gasteiger partial charge in [-0.1, -0.05) is 49.6 Å². The molecule has 230 valence electrons. The normalized spacial score (nSPS) is 17.8. The number of carbonyl (C=O) groups excluding carboxylic acids is 4. The summed E-state index contributed by atoms with van der Waals surface area (Å²) in [7, 11) is 5.37. The number of methoxy groups -OCH3 is 4. The number of aryl methyl sites for hydroxylation is 1. The maximum absolute atomic E-state index is 12.7. The molecule has 1 aromatic rings. The Bertz CT molecular complexity index is 968. The maximum Gasteiger partial charge on any atom is 0.319 e. The molecule has 0 radical (unpaired) electrons. The van der Waals surface area contributed by atoms with Gasteiger partial charge in [0.15, 0.2) is 0 Å². The molecule has 0 unspecified atom stereocenters. The van der Waals surface area contributed by atoms with Crippen LogP contribution in [0.4, 0.5) is 0 Å². The van der Waals surface area contributed by atoms with E-state index in [1.54, 1.807) is 4.90 Å². The van der Waals surface area contributed by atoms with E-state index in [0.29, 0.717) is 19.5 Å². The number of nitrogens with zero attached hydrogens (tertiary/aromatic N) is 3. The van der Waals surface area contributed by atoms with Crippen molar-refractivity contribution < 1.29 is 38.1 Å². The molecule has 0 heterocycles. The Hall–Kier alpha value is -3.02. The minimum Gasteiger partial charge on any atom is -0.468 e. The standard InChI is InChI=1S/C30H47N3O8/c1-7-31(18-27(34)38-3)24(16-23-14-12-22(2)13-15-23)17-32(19-28(35)39-4)25-10-8-9-11-26(25)33(20-29(36)40-5)21-30(37)41-6/h12-15,24-26H,7-11,16-21H2,1-6H3/t24-,25+,26+/m1/s1. The number of likely N-dealkylation sites (N-methyl/N-ethyl adjacent to an activating group) is 1. The molecular formula is C30H47N3O8. The van der Waals surface area contributed by atoms with Gasteiger partial charge in [0.1, 0.15) is 0 Å². The summed E-state index contributed by atoms with van der Waals surface area (Å²) in [4.78, 5) is 55.7. The largest absolute Gasteiger partial charge is 0.468 e. The molecule has 0 amide bonds. The van der Waals surface area contributed by atoms with E-state index in [0.717, 1.165) is 36.8 Å². The number of ether oxygens (including phenoxy) is 4. The summed E-state index contributed by atoms with van der Waals surface area (Å²) in [5.74, 6) is -1.62. The smallest absolute Gasteiger partial charge is 0.319 e. The third-order valence-corrected chi connectivity index (χ3v) is 7.83. The molecule has 0 N–H and O–H groups in total. The molecule has 11 nitrogen and oxygen atoms in total. The number of benzene rings is 1. The molecule has 3 atom stereocenters. The zero-order valence-corrected chi connectivity index (χ0v) is 25.4. The van der Waals surface area contributed by atoms with Crippen LogP contribution in [0.1, 0.15) is 43.7 Å². The first kappa shape index (κ1) is 34.2. The van der Waals surface area contributed by atoms with Crippen molar-refractivity contribution in [2.24, 2.45) is 0 Å². The van der Waals surface area contributed by atoms with Crippen LogP contribution in [-0.4, -0.2) is 124 Å². The molecule has 1 saturated carbocycles. The van der Waals surface area contributed by atoms with Gasteiger partial charge in [-0.2, -0.15) is 0 Å². The third kappa shape index (κ3) is 11.1. The first-order chi connectivity index (χ1) is 19.6. The molecule has 11 heteroatoms. The van der Waals surface area contributed by atoms with E-state index in [2.05, 4.69) is 34.1 Å². The molecular weight excluding hydrogens is 530 g/mol. The summed E-state index contributed by atoms with van der Waals surface area (Å²) in [5, 5.41) is 0. The van der Waals surface area contributed by atoms with Gasteiger partial charge >= 0.3 is 23.9 Å². The third-order valence-electron chi connectivity index (χ3n) is 7.83. The van der Waals surface area contributed by atoms with Crippen molar-refractivity contribution in [3.8, 4) is 0 Å². The number of hydrogen-bond acceptors (Lipinski definition) is 11. The predicted octanol–water partition coefficient (Wildman–Crippen LogP) is 1.84. The molecule has 1 fully saturated rings. The summed E-state index contributed by atoms with van der Waals surface area (Å²) in [6.07, 6.45) is 4.00. The summed E-state index contributed by atoms with van der Waals surface area (Å²) >= 11 is 0. The van der Waals surface area contributed by atoms with Crippen LogP contribution < -0.4 is 0 Å². The van der Waals surface area contributed by atoms with Gasteiger partial charge in [-0.3, -0.25) is 33.9 Å². The molecule has 0 bridgehead atoms. The number of rotatable bonds is 16. The van der Waals surface area contributed by atoms with E-state index in [4.69, 9.17) is 18.9 Å². The van der Waals surface area contributed by atoms with Crippen LogP contribution in [0.3, 0.4) is 0 Å². The van der Waals surface area contributed by atoms with E-state index in [1.807, 2.05) is 13.8 Å². The molecule has 0 aliphatic heterocycles. The van der Waals surface area contributed by atoms with Gasteiger partial charge in [0.05, 0.1) is 54.6 Å². The Balaban J connectivity index is 2.48. The monoisotopic (exact) mass is 577 g/mol. The second-order valence-electron chi connectivity index (χ2n) is 10.5. The van der Waals surface area contributed by atoms with Crippen molar-refractivity contribution in [2.75, 3.05) is 67.7 Å². The van der Waals surface area contributed by atoms with E-state index in [9.17, 15) is 19.2 Å². The van der Waals surface area contributed by atoms with Crippen LogP contribution in [0.5, 0.6) is 0 Å². The highest BCUT2D eigenvalue weighted by Gasteiger charge is 2.38. The highest BCUT2D eigenvalue weighted by molar-refractivity contribution is 5.75. The fraction of sp³-hybridized carbons (Fsp3) is 0.667. The molecule has 0 saturated heterocycles. The summed E-state index contributed by atoms with van der Waals surface area (Å²) in [6.45, 7) is 5.08. The Kier molecular flexibility index (Phi) is 14.8. The first-order valence-corrected chi connectivity index (χ1v) is 14.2. The summed E-state index contributed by atoms with van der Waals surface area (Å²) < 4.78 is 19.9. The van der Waals surface area contributed by atoms with E-state index < -0.39 is 11.9 Å². The highest BCUT2D eigenvalue weighted by atomic mass is 16.5. The SMILES string of the molecule is CCN(CC(=O)OC)[C@H](Cc1ccc(C)cc1)CN(CC(=O)OC)[C@H]1CCCC[C@@H]1N(CC(=O)OC)CC(=O)OC. The first-order valence-electron chi connectivity index (χ1n) is 14.2. The van der Waals surface area contributed by atoms with Gasteiger partial charge in [-0.25, -0.2) is 0 Å². The molecule has 0 spiro atoms. The summed E-state index contributed by atoms with van der Waals surface area (Å²) in [5.41, 5.74) is 2.26. The second-order valence-corrected chi connectivity index (χ2v) is 10.5. The van der Waals surface area contributed by atoms with Gasteiger partial charge in [-0.15, -0.1) is 0 Å². The fourth-order valence-electron chi connectivity index (χ4n) is 5.55. The van der Waals surface area contributed by atoms with Gasteiger partial charge < -0.3 is 18.9 Å². The number of esters is 4. The lowest BCUT2D eigenvalue weighted by Gasteiger charge is -2.46. The van der Waals surface area contributed by atoms with Crippen molar-refractivity contribution >= 4 is 23.9 Å². The van der Waals surface area contributed by atoms with Gasteiger partial charge in [0, 0.05) is 24.7 Å². The Labute approximate surface area is 244 Å². The van der Waals surface area contributed by atoms with Crippen LogP contribution in [-0.2, 0) is 44.5 Å². The lowest BCUT2D eigenvalue weighted by atomic mass is 9.87. The molecule has 1 aromatic carbocycles. The maximum atomic E-state index is 12.7. The van der Waals surface area contributed by atoms with Crippen molar-refractivity contribution in [1.29, 1.82) is 0 Å². The lowest BCUT2D eigenvalue weighted by Crippen LogP contribution is -2.59. The van der Waals surface area contributed by atoms with E-state index >= 15 is 0 Å². The average Bonchev–Trinajstić information content (AvgIpc) is 2.99. The van der Waals surface area contributed by atoms with Crippen LogP contribution in [0.2, 0.25) is 0 Å². The molecule has 0 aromatic heterocycles. The zero-order chi connectivity index (χ0) is 30.4. The van der Waals surface area contributed by atoms with Crippen LogP contribution in [0.15, 0.2) is 24.3 Å². The van der Waals surface area contributed by atoms with Crippen molar-refractivity contribution in [3.63, 3.8) is 0 Å². The number of hydrogen-bond donors (Lipinski definition) is 0. The molecule has 1 aliphatic carbocycles. The van der Waals surface area contributed by atoms with Gasteiger partial charge in [-0.05, 0) is 38.3 Å². The summed E-state index contributed by atoms with van der Waals surface area (Å²) in [6, 6.07) is 7.78. The Morgan fingerprint density at radius 1 is 0.732 bits per heavy atom. The quantitative estimate of drug-likeness (QED) is 0.212. The fourth-order valence-corrected chi connectivity index (χ4v) is 5.55. The van der Waals surface area contributed by atoms with Gasteiger partial charge in [0.2, 0.25) is 0 Å². The predicted molar refractivity (Wildman–Crippen MR) is 153 cm³/mol. The Morgan fingerprint density at radius 2 is 1.17 bits per heavy atom. The van der Waals surface area contributed by atoms with Crippen LogP contribution in [0.25, 0.3) is 0 Å². The van der Waals surface area contributed by atoms with E-state index in [1.165, 1.54) is 28.4 Å². The molecule has 1 aliphatic rings.